The van der Waals surface area contributed by atoms with Crippen molar-refractivity contribution < 1.29 is 59.8 Å². The van der Waals surface area contributed by atoms with Crippen LogP contribution in [0.1, 0.15) is 118 Å². The molecular formula is C60H58F6N14O7P+. The number of hydrogen-bond donors (Lipinski definition) is 6. The first-order valence-electron chi connectivity index (χ1n) is 28.3. The summed E-state index contributed by atoms with van der Waals surface area (Å²) >= 11 is 0. The summed E-state index contributed by atoms with van der Waals surface area (Å²) in [7, 11) is 0.589. The summed E-state index contributed by atoms with van der Waals surface area (Å²) in [5.74, 6) is -2.28. The maximum atomic E-state index is 14.5. The molecule has 6 heterocycles. The van der Waals surface area contributed by atoms with Gasteiger partial charge in [-0.25, -0.2) is 9.97 Å². The van der Waals surface area contributed by atoms with E-state index < -0.39 is 43.4 Å². The summed E-state index contributed by atoms with van der Waals surface area (Å²) in [4.78, 5) is 46.4. The maximum Gasteiger partial charge on any atom is 0.698 e. The lowest BCUT2D eigenvalue weighted by atomic mass is 9.93. The van der Waals surface area contributed by atoms with Crippen LogP contribution >= 0.6 is 8.25 Å². The largest absolute Gasteiger partial charge is 0.698 e. The van der Waals surface area contributed by atoms with Gasteiger partial charge in [0.1, 0.15) is 36.0 Å². The molecule has 456 valence electrons. The lowest BCUT2D eigenvalue weighted by Crippen LogP contribution is -2.21. The van der Waals surface area contributed by atoms with Gasteiger partial charge in [0.2, 0.25) is 11.9 Å². The zero-order chi connectivity index (χ0) is 61.6. The van der Waals surface area contributed by atoms with Gasteiger partial charge in [0.25, 0.3) is 11.8 Å². The molecule has 0 unspecified atom stereocenters. The minimum atomic E-state index is -4.86. The highest BCUT2D eigenvalue weighted by Crippen LogP contribution is 2.44. The number of carbonyl (C=O) groups excluding carboxylic acids is 2. The smallest absolute Gasteiger partial charge is 0.393 e. The van der Waals surface area contributed by atoms with Crippen LogP contribution in [0.5, 0.6) is 0 Å². The molecule has 0 atom stereocenters. The van der Waals surface area contributed by atoms with E-state index in [9.17, 15) is 50.7 Å². The zero-order valence-electron chi connectivity index (χ0n) is 47.3. The van der Waals surface area contributed by atoms with E-state index >= 15 is 0 Å². The van der Waals surface area contributed by atoms with Crippen molar-refractivity contribution in [3.8, 4) is 22.3 Å². The molecule has 0 radical (unpaired) electrons. The number of nitrogens with one attached hydrogen (secondary N) is 4. The van der Waals surface area contributed by atoms with Crippen LogP contribution < -0.4 is 21.3 Å². The Labute approximate surface area is 500 Å². The molecule has 2 amide bonds. The molecule has 4 aromatic carbocycles. The van der Waals surface area contributed by atoms with Gasteiger partial charge in [-0.2, -0.15) is 46.5 Å². The minimum absolute atomic E-state index is 0.113. The van der Waals surface area contributed by atoms with E-state index in [0.717, 1.165) is 36.8 Å². The topological polar surface area (TPSA) is 252 Å². The number of carbonyl (C=O) groups is 2. The maximum absolute atomic E-state index is 14.5. The van der Waals surface area contributed by atoms with Crippen molar-refractivity contribution in [2.75, 3.05) is 35.4 Å². The van der Waals surface area contributed by atoms with Crippen LogP contribution in [-0.4, -0.2) is 97.6 Å². The zero-order valence-corrected chi connectivity index (χ0v) is 48.2. The second kappa shape index (κ2) is 24.4. The fourth-order valence-corrected chi connectivity index (χ4v) is 12.1. The van der Waals surface area contributed by atoms with Crippen LogP contribution in [-0.2, 0) is 52.3 Å². The van der Waals surface area contributed by atoms with Crippen LogP contribution in [0, 0.1) is 0 Å². The number of aromatic nitrogens is 8. The van der Waals surface area contributed by atoms with E-state index in [1.54, 1.807) is 99.3 Å². The number of fused-ring (bicyclic) bond motifs is 2. The normalized spacial score (nSPS) is 18.8. The van der Waals surface area contributed by atoms with Crippen molar-refractivity contribution in [1.29, 1.82) is 0 Å². The Balaban J connectivity index is 0.654. The van der Waals surface area contributed by atoms with Crippen LogP contribution in [0.15, 0.2) is 110 Å². The van der Waals surface area contributed by atoms with Gasteiger partial charge < -0.3 is 41.3 Å². The number of aliphatic hydroxyl groups excluding tert-OH is 2. The number of nitrogens with zero attached hydrogens (tertiary/aromatic N) is 10. The van der Waals surface area contributed by atoms with Crippen molar-refractivity contribution in [2.45, 2.75) is 114 Å². The molecule has 2 saturated carbocycles. The number of amides is 2. The molecule has 21 nitrogen and oxygen atoms in total. The van der Waals surface area contributed by atoms with E-state index in [2.05, 4.69) is 51.4 Å². The SMILES string of the molecule is CN1Cc2c(-c3cnn(C4CCC(O)CC4)c3)ccc(Nc3nc(Nc4ccc(CO[P+](=O)OCc5ccc(Nc6ncc(C(F)(F)F)c(Nc7ccc(-c8cnn(C9CCC(O)CC9)c8)c8c7C(=O)N(C)C8)n6)cc5)cc4)ncc3C(F)(F)F)c2C1=O. The molecule has 12 rings (SSSR count). The molecule has 4 aromatic heterocycles. The first-order valence-corrected chi connectivity index (χ1v) is 29.4. The first kappa shape index (κ1) is 59.5. The molecule has 0 saturated heterocycles. The molecule has 2 aliphatic heterocycles. The van der Waals surface area contributed by atoms with Crippen molar-refractivity contribution in [3.63, 3.8) is 0 Å². The Morgan fingerprint density at radius 2 is 0.932 bits per heavy atom. The minimum Gasteiger partial charge on any atom is -0.393 e. The quantitative estimate of drug-likeness (QED) is 0.0345. The fourth-order valence-electron chi connectivity index (χ4n) is 11.5. The molecule has 28 heteroatoms. The highest BCUT2D eigenvalue weighted by molar-refractivity contribution is 7.33. The third-order valence-corrected chi connectivity index (χ3v) is 16.9. The van der Waals surface area contributed by atoms with Crippen molar-refractivity contribution in [1.82, 2.24) is 49.3 Å². The highest BCUT2D eigenvalue weighted by Gasteiger charge is 2.39. The van der Waals surface area contributed by atoms with Gasteiger partial charge >= 0.3 is 20.6 Å². The van der Waals surface area contributed by atoms with E-state index in [4.69, 9.17) is 9.05 Å². The fraction of sp³-hybridized carbons (Fsp3) is 0.333. The molecule has 8 aromatic rings. The Kier molecular flexibility index (Phi) is 16.5. The molecule has 88 heavy (non-hydrogen) atoms. The Morgan fingerprint density at radius 3 is 1.31 bits per heavy atom. The standard InChI is InChI=1S/C60H57F6N14O7P/c1-77-29-45-43(35-23-69-79(27-35)39-11-15-41(81)16-12-39)19-21-49(51(45)55(77)83)73-53-47(59(61,62)63)25-67-57(75-53)71-37-7-3-33(4-8-37)31-86-88(85)87-32-34-5-9-38(10-6-34)72-58-68-26-48(60(64,65)66)54(76-58)74-50-22-20-44(46-30-78(2)56(84)52(46)50)36-24-70-80(28-36)40-13-17-42(82)18-14-40/h3-10,19-28,39-42,81-82H,11-18,29-32H2,1-2H3,(H3-,67,68,71,72,73,74,75,76,83,84)/p+1. The second-order valence-electron chi connectivity index (χ2n) is 22.3. The summed E-state index contributed by atoms with van der Waals surface area (Å²) in [6.07, 6.45) is 3.87. The Hall–Kier alpha value is -8.88. The lowest BCUT2D eigenvalue weighted by Gasteiger charge is -2.25. The first-order chi connectivity index (χ1) is 42.2. The van der Waals surface area contributed by atoms with Gasteiger partial charge in [-0.1, -0.05) is 36.4 Å². The summed E-state index contributed by atoms with van der Waals surface area (Å²) < 4.78 is 114. The van der Waals surface area contributed by atoms with E-state index in [0.29, 0.717) is 82.8 Å². The third kappa shape index (κ3) is 12.8. The predicted molar refractivity (Wildman–Crippen MR) is 311 cm³/mol. The summed E-state index contributed by atoms with van der Waals surface area (Å²) in [6.45, 7) is 0.158. The van der Waals surface area contributed by atoms with Crippen LogP contribution in [0.2, 0.25) is 0 Å². The lowest BCUT2D eigenvalue weighted by molar-refractivity contribution is -0.138. The third-order valence-electron chi connectivity index (χ3n) is 16.2. The highest BCUT2D eigenvalue weighted by atomic mass is 31.1. The molecule has 0 bridgehead atoms. The number of aliphatic hydroxyl groups is 2. The number of anilines is 8. The number of rotatable bonds is 18. The average Bonchev–Trinajstić information content (AvgIpc) is 1.95. The van der Waals surface area contributed by atoms with Crippen molar-refractivity contribution in [2.24, 2.45) is 0 Å². The second-order valence-corrected chi connectivity index (χ2v) is 23.2. The van der Waals surface area contributed by atoms with Gasteiger partial charge in [0.05, 0.1) is 59.2 Å². The van der Waals surface area contributed by atoms with Gasteiger partial charge in [-0.3, -0.25) is 19.0 Å². The predicted octanol–water partition coefficient (Wildman–Crippen LogP) is 12.5. The van der Waals surface area contributed by atoms with Crippen molar-refractivity contribution >= 4 is 66.4 Å². The summed E-state index contributed by atoms with van der Waals surface area (Å²) in [5.41, 5.74) is 4.48. The van der Waals surface area contributed by atoms with Gasteiger partial charge in [-0.05, 0) is 121 Å². The van der Waals surface area contributed by atoms with E-state index in [-0.39, 0.29) is 96.8 Å². The molecule has 0 spiro atoms. The van der Waals surface area contributed by atoms with Crippen LogP contribution in [0.4, 0.5) is 72.6 Å². The van der Waals surface area contributed by atoms with E-state index in [1.807, 2.05) is 21.8 Å². The van der Waals surface area contributed by atoms with Gasteiger partial charge in [0.15, 0.2) is 0 Å². The van der Waals surface area contributed by atoms with Crippen LogP contribution in [0.3, 0.4) is 0 Å². The Bertz CT molecular complexity index is 3690. The van der Waals surface area contributed by atoms with Crippen LogP contribution in [0.25, 0.3) is 22.3 Å². The molecule has 4 aliphatic rings. The van der Waals surface area contributed by atoms with Crippen molar-refractivity contribution in [3.05, 3.63) is 154 Å². The summed E-state index contributed by atoms with van der Waals surface area (Å²) in [6, 6.07) is 19.7. The molecule has 6 N–H and O–H groups in total. The molecule has 2 aliphatic carbocycles. The number of halogens is 6. The van der Waals surface area contributed by atoms with Gasteiger partial charge in [-0.15, -0.1) is 9.05 Å². The number of alkyl halides is 6. The van der Waals surface area contributed by atoms with E-state index in [1.165, 1.54) is 9.80 Å². The number of hydrogen-bond acceptors (Lipinski definition) is 17. The average molecular weight is 1230 g/mol. The van der Waals surface area contributed by atoms with Gasteiger partial charge in [0, 0.05) is 79.0 Å². The number of benzene rings is 4. The summed E-state index contributed by atoms with van der Waals surface area (Å²) in [5, 5.41) is 40.5. The Morgan fingerprint density at radius 1 is 0.545 bits per heavy atom. The molecule has 2 fully saturated rings. The monoisotopic (exact) mass is 1230 g/mol. The molecular weight excluding hydrogens is 1170 g/mol.